The van der Waals surface area contributed by atoms with E-state index in [0.717, 1.165) is 17.7 Å². The average molecular weight is 234 g/mol. The highest BCUT2D eigenvalue weighted by atomic mass is 16.5. The van der Waals surface area contributed by atoms with E-state index < -0.39 is 0 Å². The Balaban J connectivity index is 2.50. The molecule has 0 aliphatic carbocycles. The van der Waals surface area contributed by atoms with Gasteiger partial charge in [-0.2, -0.15) is 0 Å². The molecular formula is C13H18N2O2. The van der Waals surface area contributed by atoms with Crippen molar-refractivity contribution < 1.29 is 9.53 Å². The van der Waals surface area contributed by atoms with Crippen LogP contribution in [-0.4, -0.2) is 19.6 Å². The van der Waals surface area contributed by atoms with Gasteiger partial charge >= 0.3 is 0 Å². The number of hydrogen-bond donors (Lipinski definition) is 2. The Morgan fingerprint density at radius 3 is 2.88 bits per heavy atom. The zero-order valence-corrected chi connectivity index (χ0v) is 10.2. The Morgan fingerprint density at radius 1 is 1.53 bits per heavy atom. The van der Waals surface area contributed by atoms with E-state index in [1.807, 2.05) is 24.3 Å². The van der Waals surface area contributed by atoms with Gasteiger partial charge in [-0.3, -0.25) is 4.79 Å². The van der Waals surface area contributed by atoms with E-state index in [1.54, 1.807) is 13.2 Å². The Kier molecular flexibility index (Phi) is 5.07. The minimum absolute atomic E-state index is 0.0117. The maximum absolute atomic E-state index is 10.6. The molecule has 0 unspecified atom stereocenters. The number of nitrogens with two attached hydrogens (primary N) is 1. The van der Waals surface area contributed by atoms with E-state index in [0.29, 0.717) is 12.2 Å². The van der Waals surface area contributed by atoms with Crippen LogP contribution in [-0.2, 0) is 4.79 Å². The molecule has 0 atom stereocenters. The number of methoxy groups -OCH3 is 1. The third-order valence-corrected chi connectivity index (χ3v) is 2.28. The first-order valence-electron chi connectivity index (χ1n) is 5.48. The van der Waals surface area contributed by atoms with Crippen LogP contribution in [0.2, 0.25) is 0 Å². The molecule has 4 heteroatoms. The van der Waals surface area contributed by atoms with Crippen molar-refractivity contribution in [2.45, 2.75) is 13.3 Å². The Labute approximate surface area is 101 Å². The van der Waals surface area contributed by atoms with Gasteiger partial charge in [0.1, 0.15) is 5.75 Å². The largest absolute Gasteiger partial charge is 0.497 e. The molecule has 92 valence electrons. The molecule has 17 heavy (non-hydrogen) atoms. The quantitative estimate of drug-likeness (QED) is 0.603. The third-order valence-electron chi connectivity index (χ3n) is 2.28. The number of amides is 1. The number of carbonyl (C=O) groups excluding carboxylic acids is 1. The summed E-state index contributed by atoms with van der Waals surface area (Å²) in [5.74, 6) is 0.736. The number of hydrogen-bond acceptors (Lipinski definition) is 3. The summed E-state index contributed by atoms with van der Waals surface area (Å²) < 4.78 is 5.07. The van der Waals surface area contributed by atoms with Gasteiger partial charge < -0.3 is 15.8 Å². The number of anilines is 1. The molecule has 0 aliphatic heterocycles. The Bertz CT molecular complexity index is 414. The van der Waals surface area contributed by atoms with Crippen molar-refractivity contribution in [2.75, 3.05) is 19.4 Å². The predicted octanol–water partition coefficient (Wildman–Crippen LogP) is 1.82. The lowest BCUT2D eigenvalue weighted by Crippen LogP contribution is -2.20. The topological polar surface area (TPSA) is 64.3 Å². The summed E-state index contributed by atoms with van der Waals surface area (Å²) in [5, 5.41) is 2.72. The van der Waals surface area contributed by atoms with Crippen LogP contribution >= 0.6 is 0 Å². The minimum Gasteiger partial charge on any atom is -0.497 e. The summed E-state index contributed by atoms with van der Waals surface area (Å²) >= 11 is 0. The molecule has 0 fully saturated rings. The van der Waals surface area contributed by atoms with Crippen molar-refractivity contribution in [2.24, 2.45) is 0 Å². The fourth-order valence-electron chi connectivity index (χ4n) is 1.37. The Morgan fingerprint density at radius 2 is 2.29 bits per heavy atom. The number of nitrogens with one attached hydrogen (secondary N) is 1. The number of benzene rings is 1. The van der Waals surface area contributed by atoms with Gasteiger partial charge in [0, 0.05) is 25.2 Å². The predicted molar refractivity (Wildman–Crippen MR) is 69.7 cm³/mol. The van der Waals surface area contributed by atoms with Gasteiger partial charge in [0.05, 0.1) is 7.11 Å². The van der Waals surface area contributed by atoms with E-state index in [2.05, 4.69) is 5.32 Å². The zero-order valence-electron chi connectivity index (χ0n) is 10.2. The molecule has 1 amide bonds. The van der Waals surface area contributed by atoms with Crippen LogP contribution in [0, 0.1) is 0 Å². The van der Waals surface area contributed by atoms with Crippen molar-refractivity contribution in [1.29, 1.82) is 0 Å². The van der Waals surface area contributed by atoms with Crippen LogP contribution < -0.4 is 15.8 Å². The van der Waals surface area contributed by atoms with Gasteiger partial charge in [-0.15, -0.1) is 0 Å². The molecule has 1 rings (SSSR count). The van der Waals surface area contributed by atoms with Gasteiger partial charge in [0.15, 0.2) is 0 Å². The number of carbonyl (C=O) groups is 1. The molecule has 0 bridgehead atoms. The first-order chi connectivity index (χ1) is 8.13. The van der Waals surface area contributed by atoms with Crippen LogP contribution in [0.4, 0.5) is 5.69 Å². The van der Waals surface area contributed by atoms with E-state index >= 15 is 0 Å². The summed E-state index contributed by atoms with van der Waals surface area (Å²) in [5.41, 5.74) is 7.49. The monoisotopic (exact) mass is 234 g/mol. The molecule has 0 saturated carbocycles. The molecule has 0 aromatic heterocycles. The second kappa shape index (κ2) is 6.58. The molecule has 1 aromatic carbocycles. The maximum Gasteiger partial charge on any atom is 0.216 e. The lowest BCUT2D eigenvalue weighted by molar-refractivity contribution is -0.118. The van der Waals surface area contributed by atoms with Gasteiger partial charge in [0.25, 0.3) is 0 Å². The van der Waals surface area contributed by atoms with Gasteiger partial charge in [-0.25, -0.2) is 0 Å². The van der Waals surface area contributed by atoms with Gasteiger partial charge in [-0.1, -0.05) is 12.2 Å². The minimum atomic E-state index is -0.0117. The third kappa shape index (κ3) is 4.59. The molecule has 0 heterocycles. The van der Waals surface area contributed by atoms with Crippen LogP contribution in [0.15, 0.2) is 24.3 Å². The van der Waals surface area contributed by atoms with E-state index in [-0.39, 0.29) is 5.91 Å². The molecule has 0 aliphatic rings. The summed E-state index contributed by atoms with van der Waals surface area (Å²) in [6.07, 6.45) is 4.70. The first-order valence-corrected chi connectivity index (χ1v) is 5.48. The second-order valence-electron chi connectivity index (χ2n) is 3.67. The van der Waals surface area contributed by atoms with Crippen LogP contribution in [0.25, 0.3) is 6.08 Å². The number of nitrogen functional groups attached to an aromatic ring is 1. The number of rotatable bonds is 5. The highest BCUT2D eigenvalue weighted by Crippen LogP contribution is 2.20. The maximum atomic E-state index is 10.6. The average Bonchev–Trinajstić information content (AvgIpc) is 2.30. The SMILES string of the molecule is COc1ccc(C=CCCNC(C)=O)c(N)c1. The highest BCUT2D eigenvalue weighted by molar-refractivity contribution is 5.72. The van der Waals surface area contributed by atoms with E-state index in [9.17, 15) is 4.79 Å². The van der Waals surface area contributed by atoms with Gasteiger partial charge in [-0.05, 0) is 24.1 Å². The second-order valence-corrected chi connectivity index (χ2v) is 3.67. The highest BCUT2D eigenvalue weighted by Gasteiger charge is 1.97. The fourth-order valence-corrected chi connectivity index (χ4v) is 1.37. The molecule has 0 radical (unpaired) electrons. The molecule has 1 aromatic rings. The zero-order chi connectivity index (χ0) is 12.7. The van der Waals surface area contributed by atoms with Crippen molar-refractivity contribution in [3.05, 3.63) is 29.8 Å². The summed E-state index contributed by atoms with van der Waals surface area (Å²) in [7, 11) is 1.61. The standard InChI is InChI=1S/C13H18N2O2/c1-10(16)15-8-4-3-5-11-6-7-12(17-2)9-13(11)14/h3,5-7,9H,4,8,14H2,1-2H3,(H,15,16). The van der Waals surface area contributed by atoms with Crippen molar-refractivity contribution in [1.82, 2.24) is 5.32 Å². The number of ether oxygens (including phenoxy) is 1. The molecule has 0 saturated heterocycles. The van der Waals surface area contributed by atoms with E-state index in [4.69, 9.17) is 10.5 Å². The fraction of sp³-hybridized carbons (Fsp3) is 0.308. The molecular weight excluding hydrogens is 216 g/mol. The molecule has 3 N–H and O–H groups in total. The van der Waals surface area contributed by atoms with Crippen molar-refractivity contribution in [3.63, 3.8) is 0 Å². The van der Waals surface area contributed by atoms with E-state index in [1.165, 1.54) is 6.92 Å². The van der Waals surface area contributed by atoms with Crippen molar-refractivity contribution in [3.8, 4) is 5.75 Å². The van der Waals surface area contributed by atoms with Crippen LogP contribution in [0.3, 0.4) is 0 Å². The lowest BCUT2D eigenvalue weighted by Gasteiger charge is -2.04. The summed E-state index contributed by atoms with van der Waals surface area (Å²) in [6, 6.07) is 5.56. The smallest absolute Gasteiger partial charge is 0.216 e. The summed E-state index contributed by atoms with van der Waals surface area (Å²) in [6.45, 7) is 2.15. The lowest BCUT2D eigenvalue weighted by atomic mass is 10.1. The Hall–Kier alpha value is -1.97. The van der Waals surface area contributed by atoms with Crippen molar-refractivity contribution >= 4 is 17.7 Å². The summed E-state index contributed by atoms with van der Waals surface area (Å²) in [4.78, 5) is 10.6. The normalized spacial score (nSPS) is 10.5. The van der Waals surface area contributed by atoms with Crippen LogP contribution in [0.5, 0.6) is 5.75 Å². The molecule has 0 spiro atoms. The molecule has 4 nitrogen and oxygen atoms in total. The van der Waals surface area contributed by atoms with Gasteiger partial charge in [0.2, 0.25) is 5.91 Å². The first kappa shape index (κ1) is 13.1. The van der Waals surface area contributed by atoms with Crippen LogP contribution in [0.1, 0.15) is 18.9 Å².